The number of hydrogen-bond donors (Lipinski definition) is 1. The molecule has 1 fully saturated rings. The SMILES string of the molecule is CN(C(=O)c1cc(Cl)cc(Cl)c1)[C@@H]1CCNC1. The van der Waals surface area contributed by atoms with E-state index in [1.807, 2.05) is 7.05 Å². The molecule has 1 aliphatic heterocycles. The van der Waals surface area contributed by atoms with Crippen LogP contribution < -0.4 is 5.32 Å². The Labute approximate surface area is 111 Å². The Morgan fingerprint density at radius 3 is 2.53 bits per heavy atom. The molecule has 1 heterocycles. The van der Waals surface area contributed by atoms with E-state index in [9.17, 15) is 4.79 Å². The molecule has 1 aliphatic rings. The smallest absolute Gasteiger partial charge is 0.253 e. The maximum atomic E-state index is 12.2. The van der Waals surface area contributed by atoms with Gasteiger partial charge in [0.2, 0.25) is 0 Å². The van der Waals surface area contributed by atoms with Crippen molar-refractivity contribution < 1.29 is 4.79 Å². The second kappa shape index (κ2) is 5.25. The minimum absolute atomic E-state index is 0.0388. The van der Waals surface area contributed by atoms with Crippen molar-refractivity contribution in [2.24, 2.45) is 0 Å². The van der Waals surface area contributed by atoms with E-state index in [2.05, 4.69) is 5.32 Å². The van der Waals surface area contributed by atoms with Crippen molar-refractivity contribution in [1.82, 2.24) is 10.2 Å². The zero-order chi connectivity index (χ0) is 12.4. The molecule has 5 heteroatoms. The third-order valence-electron chi connectivity index (χ3n) is 3.01. The third kappa shape index (κ3) is 2.92. The molecular formula is C12H14Cl2N2O. The Morgan fingerprint density at radius 1 is 1.35 bits per heavy atom. The van der Waals surface area contributed by atoms with E-state index in [4.69, 9.17) is 23.2 Å². The number of likely N-dealkylation sites (N-methyl/N-ethyl adjacent to an activating group) is 1. The molecule has 0 bridgehead atoms. The number of hydrogen-bond acceptors (Lipinski definition) is 2. The molecule has 1 atom stereocenters. The molecule has 0 spiro atoms. The van der Waals surface area contributed by atoms with Crippen LogP contribution >= 0.6 is 23.2 Å². The van der Waals surface area contributed by atoms with Crippen molar-refractivity contribution >= 4 is 29.1 Å². The fourth-order valence-corrected chi connectivity index (χ4v) is 2.54. The van der Waals surface area contributed by atoms with Crippen LogP contribution in [0.5, 0.6) is 0 Å². The van der Waals surface area contributed by atoms with Crippen LogP contribution in [0, 0.1) is 0 Å². The molecule has 0 aromatic heterocycles. The molecule has 0 radical (unpaired) electrons. The van der Waals surface area contributed by atoms with Crippen LogP contribution in [-0.4, -0.2) is 37.0 Å². The first-order chi connectivity index (χ1) is 8.08. The predicted molar refractivity (Wildman–Crippen MR) is 69.8 cm³/mol. The van der Waals surface area contributed by atoms with Gasteiger partial charge in [0.05, 0.1) is 0 Å². The van der Waals surface area contributed by atoms with E-state index in [1.165, 1.54) is 0 Å². The Balaban J connectivity index is 2.17. The molecule has 1 N–H and O–H groups in total. The van der Waals surface area contributed by atoms with E-state index in [-0.39, 0.29) is 11.9 Å². The molecule has 3 nitrogen and oxygen atoms in total. The quantitative estimate of drug-likeness (QED) is 0.897. The lowest BCUT2D eigenvalue weighted by molar-refractivity contribution is 0.0744. The highest BCUT2D eigenvalue weighted by Crippen LogP contribution is 2.21. The van der Waals surface area contributed by atoms with Crippen LogP contribution in [0.3, 0.4) is 0 Å². The fraction of sp³-hybridized carbons (Fsp3) is 0.417. The molecule has 1 aromatic rings. The summed E-state index contributed by atoms with van der Waals surface area (Å²) in [4.78, 5) is 14.0. The summed E-state index contributed by atoms with van der Waals surface area (Å²) in [5.74, 6) is -0.0388. The zero-order valence-corrected chi connectivity index (χ0v) is 11.1. The number of halogens is 2. The maximum absolute atomic E-state index is 12.2. The summed E-state index contributed by atoms with van der Waals surface area (Å²) < 4.78 is 0. The third-order valence-corrected chi connectivity index (χ3v) is 3.45. The Kier molecular flexibility index (Phi) is 3.92. The van der Waals surface area contributed by atoms with Crippen LogP contribution in [0.1, 0.15) is 16.8 Å². The lowest BCUT2D eigenvalue weighted by Crippen LogP contribution is -2.38. The summed E-state index contributed by atoms with van der Waals surface area (Å²) >= 11 is 11.8. The van der Waals surface area contributed by atoms with E-state index < -0.39 is 0 Å². The Hall–Kier alpha value is -0.770. The fourth-order valence-electron chi connectivity index (χ4n) is 2.02. The van der Waals surface area contributed by atoms with Gasteiger partial charge < -0.3 is 10.2 Å². The summed E-state index contributed by atoms with van der Waals surface area (Å²) in [5, 5.41) is 4.21. The molecule has 0 saturated carbocycles. The molecule has 92 valence electrons. The average Bonchev–Trinajstić information content (AvgIpc) is 2.79. The second-order valence-electron chi connectivity index (χ2n) is 4.22. The van der Waals surface area contributed by atoms with Crippen LogP contribution in [0.25, 0.3) is 0 Å². The van der Waals surface area contributed by atoms with Gasteiger partial charge in [0, 0.05) is 35.2 Å². The standard InChI is InChI=1S/C12H14Cl2N2O/c1-16(11-2-3-15-7-11)12(17)8-4-9(13)6-10(14)5-8/h4-6,11,15H,2-3,7H2,1H3/t11-/m1/s1. The second-order valence-corrected chi connectivity index (χ2v) is 5.09. The molecule has 1 aromatic carbocycles. The first-order valence-corrected chi connectivity index (χ1v) is 6.27. The van der Waals surface area contributed by atoms with Crippen LogP contribution in [0.2, 0.25) is 10.0 Å². The summed E-state index contributed by atoms with van der Waals surface area (Å²) in [5.41, 5.74) is 0.539. The van der Waals surface area contributed by atoms with Crippen molar-refractivity contribution in [2.75, 3.05) is 20.1 Å². The van der Waals surface area contributed by atoms with Gasteiger partial charge in [0.25, 0.3) is 5.91 Å². The maximum Gasteiger partial charge on any atom is 0.253 e. The molecule has 2 rings (SSSR count). The number of rotatable bonds is 2. The molecule has 1 amide bonds. The summed E-state index contributed by atoms with van der Waals surface area (Å²) in [7, 11) is 1.81. The van der Waals surface area contributed by atoms with Gasteiger partial charge in [0.1, 0.15) is 0 Å². The van der Waals surface area contributed by atoms with Gasteiger partial charge in [-0.1, -0.05) is 23.2 Å². The van der Waals surface area contributed by atoms with E-state index in [0.29, 0.717) is 15.6 Å². The largest absolute Gasteiger partial charge is 0.337 e. The van der Waals surface area contributed by atoms with Gasteiger partial charge in [0.15, 0.2) is 0 Å². The van der Waals surface area contributed by atoms with Gasteiger partial charge in [-0.2, -0.15) is 0 Å². The summed E-state index contributed by atoms with van der Waals surface area (Å²) in [6.45, 7) is 1.80. The van der Waals surface area contributed by atoms with Gasteiger partial charge in [-0.3, -0.25) is 4.79 Å². The number of carbonyl (C=O) groups excluding carboxylic acids is 1. The van der Waals surface area contributed by atoms with Crippen LogP contribution in [-0.2, 0) is 0 Å². The highest BCUT2D eigenvalue weighted by Gasteiger charge is 2.24. The number of benzene rings is 1. The van der Waals surface area contributed by atoms with E-state index in [1.54, 1.807) is 23.1 Å². The molecular weight excluding hydrogens is 259 g/mol. The van der Waals surface area contributed by atoms with Gasteiger partial charge in [-0.05, 0) is 31.2 Å². The lowest BCUT2D eigenvalue weighted by Gasteiger charge is -2.24. The van der Waals surface area contributed by atoms with Gasteiger partial charge in [-0.15, -0.1) is 0 Å². The van der Waals surface area contributed by atoms with Crippen molar-refractivity contribution in [2.45, 2.75) is 12.5 Å². The number of amides is 1. The normalized spacial score (nSPS) is 19.4. The monoisotopic (exact) mass is 272 g/mol. The predicted octanol–water partition coefficient (Wildman–Crippen LogP) is 2.43. The Bertz CT molecular complexity index is 410. The minimum Gasteiger partial charge on any atom is -0.337 e. The zero-order valence-electron chi connectivity index (χ0n) is 9.54. The minimum atomic E-state index is -0.0388. The average molecular weight is 273 g/mol. The van der Waals surface area contributed by atoms with E-state index >= 15 is 0 Å². The van der Waals surface area contributed by atoms with Crippen molar-refractivity contribution in [3.63, 3.8) is 0 Å². The van der Waals surface area contributed by atoms with Crippen LogP contribution in [0.4, 0.5) is 0 Å². The lowest BCUT2D eigenvalue weighted by atomic mass is 10.1. The number of nitrogens with one attached hydrogen (secondary N) is 1. The number of nitrogens with zero attached hydrogens (tertiary/aromatic N) is 1. The molecule has 0 aliphatic carbocycles. The highest BCUT2D eigenvalue weighted by molar-refractivity contribution is 6.35. The highest BCUT2D eigenvalue weighted by atomic mass is 35.5. The summed E-state index contributed by atoms with van der Waals surface area (Å²) in [6, 6.07) is 5.17. The molecule has 17 heavy (non-hydrogen) atoms. The number of carbonyl (C=O) groups is 1. The Morgan fingerprint density at radius 2 is 2.00 bits per heavy atom. The first-order valence-electron chi connectivity index (χ1n) is 5.52. The first kappa shape index (κ1) is 12.7. The molecule has 0 unspecified atom stereocenters. The summed E-state index contributed by atoms with van der Waals surface area (Å²) in [6.07, 6.45) is 0.983. The van der Waals surface area contributed by atoms with Crippen molar-refractivity contribution in [3.8, 4) is 0 Å². The topological polar surface area (TPSA) is 32.3 Å². The molecule has 1 saturated heterocycles. The van der Waals surface area contributed by atoms with Gasteiger partial charge in [-0.25, -0.2) is 0 Å². The van der Waals surface area contributed by atoms with Crippen LogP contribution in [0.15, 0.2) is 18.2 Å². The van der Waals surface area contributed by atoms with Gasteiger partial charge >= 0.3 is 0 Å². The van der Waals surface area contributed by atoms with E-state index in [0.717, 1.165) is 19.5 Å². The van der Waals surface area contributed by atoms with Crippen molar-refractivity contribution in [1.29, 1.82) is 0 Å². The van der Waals surface area contributed by atoms with Crippen molar-refractivity contribution in [3.05, 3.63) is 33.8 Å².